The topological polar surface area (TPSA) is 84.5 Å². The zero-order chi connectivity index (χ0) is 26.1. The number of unbranched alkanes of at least 4 members (excludes halogenated alkanes) is 1. The number of thioether (sulfide) groups is 1. The molecule has 0 aliphatic carbocycles. The summed E-state index contributed by atoms with van der Waals surface area (Å²) >= 11 is 13.4. The molecular weight excluding hydrogens is 519 g/mol. The summed E-state index contributed by atoms with van der Waals surface area (Å²) in [6.07, 6.45) is 1.78. The van der Waals surface area contributed by atoms with Crippen molar-refractivity contribution in [1.29, 1.82) is 0 Å². The standard InChI is InChI=1S/C27H26Cl2N2O4S/c1-3-4-15-35-27(34)18-5-8-20(9-6-18)30-25(32)17(2)36-22-12-10-21(11-13-22)31-26(33)23-14-7-19(28)16-24(23)29/h5-14,16-17H,3-4,15H2,1-2H3,(H,30,32)(H,31,33). The summed E-state index contributed by atoms with van der Waals surface area (Å²) in [5.41, 5.74) is 1.96. The second kappa shape index (κ2) is 13.3. The van der Waals surface area contributed by atoms with E-state index in [4.69, 9.17) is 27.9 Å². The van der Waals surface area contributed by atoms with Crippen LogP contribution in [0.5, 0.6) is 0 Å². The summed E-state index contributed by atoms with van der Waals surface area (Å²) in [6.45, 7) is 4.23. The third kappa shape index (κ3) is 8.01. The first kappa shape index (κ1) is 27.6. The first-order chi connectivity index (χ1) is 17.3. The molecule has 2 amide bonds. The monoisotopic (exact) mass is 544 g/mol. The predicted octanol–water partition coefficient (Wildman–Crippen LogP) is 7.32. The van der Waals surface area contributed by atoms with Gasteiger partial charge in [-0.25, -0.2) is 4.79 Å². The van der Waals surface area contributed by atoms with E-state index < -0.39 is 0 Å². The number of hydrogen-bond acceptors (Lipinski definition) is 5. The molecule has 1 unspecified atom stereocenters. The maximum absolute atomic E-state index is 12.6. The van der Waals surface area contributed by atoms with E-state index in [0.717, 1.165) is 17.7 Å². The summed E-state index contributed by atoms with van der Waals surface area (Å²) in [5, 5.41) is 6.00. The lowest BCUT2D eigenvalue weighted by Crippen LogP contribution is -2.22. The van der Waals surface area contributed by atoms with Gasteiger partial charge in [-0.05, 0) is 80.1 Å². The normalized spacial score (nSPS) is 11.4. The van der Waals surface area contributed by atoms with E-state index in [1.165, 1.54) is 17.8 Å². The molecule has 0 radical (unpaired) electrons. The minimum atomic E-state index is -0.378. The van der Waals surface area contributed by atoms with Crippen LogP contribution in [0.3, 0.4) is 0 Å². The molecular formula is C27H26Cl2N2O4S. The van der Waals surface area contributed by atoms with Crippen molar-refractivity contribution in [3.8, 4) is 0 Å². The molecule has 2 N–H and O–H groups in total. The third-order valence-corrected chi connectivity index (χ3v) is 6.75. The number of ether oxygens (including phenoxy) is 1. The van der Waals surface area contributed by atoms with Gasteiger partial charge in [0.2, 0.25) is 5.91 Å². The molecule has 9 heteroatoms. The molecule has 6 nitrogen and oxygen atoms in total. The quantitative estimate of drug-likeness (QED) is 0.158. The second-order valence-electron chi connectivity index (χ2n) is 7.92. The first-order valence-electron chi connectivity index (χ1n) is 11.4. The van der Waals surface area contributed by atoms with E-state index in [2.05, 4.69) is 10.6 Å². The third-order valence-electron chi connectivity index (χ3n) is 5.09. The largest absolute Gasteiger partial charge is 0.462 e. The molecule has 0 fully saturated rings. The zero-order valence-corrected chi connectivity index (χ0v) is 22.2. The van der Waals surface area contributed by atoms with Gasteiger partial charge in [0.1, 0.15) is 0 Å². The minimum Gasteiger partial charge on any atom is -0.462 e. The number of nitrogens with one attached hydrogen (secondary N) is 2. The fourth-order valence-electron chi connectivity index (χ4n) is 3.07. The number of rotatable bonds is 10. The van der Waals surface area contributed by atoms with Crippen molar-refractivity contribution >= 4 is 64.1 Å². The van der Waals surface area contributed by atoms with Gasteiger partial charge in [0.25, 0.3) is 5.91 Å². The molecule has 0 bridgehead atoms. The van der Waals surface area contributed by atoms with Crippen LogP contribution in [0.2, 0.25) is 10.0 Å². The molecule has 0 heterocycles. The van der Waals surface area contributed by atoms with Gasteiger partial charge in [0, 0.05) is 21.3 Å². The number of hydrogen-bond donors (Lipinski definition) is 2. The Kier molecular flexibility index (Phi) is 10.2. The molecule has 0 saturated carbocycles. The molecule has 0 aromatic heterocycles. The highest BCUT2D eigenvalue weighted by Crippen LogP contribution is 2.27. The Morgan fingerprint density at radius 3 is 2.19 bits per heavy atom. The highest BCUT2D eigenvalue weighted by Gasteiger charge is 2.16. The van der Waals surface area contributed by atoms with Crippen molar-refractivity contribution < 1.29 is 19.1 Å². The number of esters is 1. The fourth-order valence-corrected chi connectivity index (χ4v) is 4.43. The number of anilines is 2. The lowest BCUT2D eigenvalue weighted by molar-refractivity contribution is -0.115. The predicted molar refractivity (Wildman–Crippen MR) is 146 cm³/mol. The number of carbonyl (C=O) groups excluding carboxylic acids is 3. The van der Waals surface area contributed by atoms with Crippen molar-refractivity contribution in [2.45, 2.75) is 36.8 Å². The summed E-state index contributed by atoms with van der Waals surface area (Å²) in [7, 11) is 0. The van der Waals surface area contributed by atoms with Crippen molar-refractivity contribution in [1.82, 2.24) is 0 Å². The van der Waals surface area contributed by atoms with E-state index in [1.807, 2.05) is 19.1 Å². The van der Waals surface area contributed by atoms with E-state index >= 15 is 0 Å². The Labute approximate surface area is 224 Å². The van der Waals surface area contributed by atoms with Crippen LogP contribution in [0.1, 0.15) is 47.4 Å². The number of halogens is 2. The Bertz CT molecular complexity index is 1220. The van der Waals surface area contributed by atoms with E-state index in [9.17, 15) is 14.4 Å². The average molecular weight is 545 g/mol. The molecule has 1 atom stereocenters. The maximum Gasteiger partial charge on any atom is 0.338 e. The van der Waals surface area contributed by atoms with Crippen LogP contribution in [0, 0.1) is 0 Å². The molecule has 36 heavy (non-hydrogen) atoms. The van der Waals surface area contributed by atoms with Gasteiger partial charge in [0.05, 0.1) is 28.0 Å². The lowest BCUT2D eigenvalue weighted by Gasteiger charge is -2.13. The maximum atomic E-state index is 12.6. The van der Waals surface area contributed by atoms with Gasteiger partial charge >= 0.3 is 5.97 Å². The van der Waals surface area contributed by atoms with Gasteiger partial charge in [-0.1, -0.05) is 36.5 Å². The van der Waals surface area contributed by atoms with Gasteiger partial charge in [-0.15, -0.1) is 11.8 Å². The van der Waals surface area contributed by atoms with Gasteiger partial charge in [-0.3, -0.25) is 9.59 Å². The number of benzene rings is 3. The SMILES string of the molecule is CCCCOC(=O)c1ccc(NC(=O)C(C)Sc2ccc(NC(=O)c3ccc(Cl)cc3Cl)cc2)cc1. The highest BCUT2D eigenvalue weighted by atomic mass is 35.5. The fraction of sp³-hybridized carbons (Fsp3) is 0.222. The summed E-state index contributed by atoms with van der Waals surface area (Å²) in [4.78, 5) is 38.0. The minimum absolute atomic E-state index is 0.173. The van der Waals surface area contributed by atoms with E-state index in [0.29, 0.717) is 34.1 Å². The van der Waals surface area contributed by atoms with Gasteiger partial charge < -0.3 is 15.4 Å². The Morgan fingerprint density at radius 2 is 1.56 bits per heavy atom. The van der Waals surface area contributed by atoms with Crippen LogP contribution >= 0.6 is 35.0 Å². The Morgan fingerprint density at radius 1 is 0.917 bits per heavy atom. The van der Waals surface area contributed by atoms with Gasteiger partial charge in [-0.2, -0.15) is 0 Å². The van der Waals surface area contributed by atoms with Crippen molar-refractivity contribution in [2.75, 3.05) is 17.2 Å². The van der Waals surface area contributed by atoms with Crippen LogP contribution in [0.25, 0.3) is 0 Å². The summed E-state index contributed by atoms with van der Waals surface area (Å²) in [5.74, 6) is -0.890. The summed E-state index contributed by atoms with van der Waals surface area (Å²) in [6, 6.07) is 18.5. The molecule has 3 aromatic rings. The molecule has 188 valence electrons. The average Bonchev–Trinajstić information content (AvgIpc) is 2.85. The molecule has 3 aromatic carbocycles. The van der Waals surface area contributed by atoms with Gasteiger partial charge in [0.15, 0.2) is 0 Å². The molecule has 0 aliphatic rings. The molecule has 0 aliphatic heterocycles. The highest BCUT2D eigenvalue weighted by molar-refractivity contribution is 8.00. The van der Waals surface area contributed by atoms with Crippen molar-refractivity contribution in [2.24, 2.45) is 0 Å². The van der Waals surface area contributed by atoms with Crippen LogP contribution in [0.15, 0.2) is 71.6 Å². The second-order valence-corrected chi connectivity index (χ2v) is 10.2. The van der Waals surface area contributed by atoms with Crippen LogP contribution in [0.4, 0.5) is 11.4 Å². The van der Waals surface area contributed by atoms with Crippen LogP contribution in [-0.4, -0.2) is 29.6 Å². The Balaban J connectivity index is 1.51. The van der Waals surface area contributed by atoms with E-state index in [-0.39, 0.29) is 28.1 Å². The number of amides is 2. The molecule has 3 rings (SSSR count). The summed E-state index contributed by atoms with van der Waals surface area (Å²) < 4.78 is 5.19. The number of carbonyl (C=O) groups is 3. The Hall–Kier alpha value is -3.00. The van der Waals surface area contributed by atoms with Crippen molar-refractivity contribution in [3.63, 3.8) is 0 Å². The van der Waals surface area contributed by atoms with Crippen LogP contribution < -0.4 is 10.6 Å². The molecule has 0 saturated heterocycles. The first-order valence-corrected chi connectivity index (χ1v) is 13.0. The van der Waals surface area contributed by atoms with Crippen molar-refractivity contribution in [3.05, 3.63) is 87.9 Å². The smallest absolute Gasteiger partial charge is 0.338 e. The lowest BCUT2D eigenvalue weighted by atomic mass is 10.2. The zero-order valence-electron chi connectivity index (χ0n) is 19.8. The molecule has 0 spiro atoms. The van der Waals surface area contributed by atoms with E-state index in [1.54, 1.807) is 55.5 Å². The van der Waals surface area contributed by atoms with Crippen LogP contribution in [-0.2, 0) is 9.53 Å².